The molecule has 0 aliphatic rings. The summed E-state index contributed by atoms with van der Waals surface area (Å²) in [5.41, 5.74) is 0. The van der Waals surface area contributed by atoms with Crippen LogP contribution in [-0.2, 0) is 26.9 Å². The van der Waals surface area contributed by atoms with E-state index in [9.17, 15) is 0 Å². The van der Waals surface area contributed by atoms with Gasteiger partial charge in [0.1, 0.15) is 0 Å². The summed E-state index contributed by atoms with van der Waals surface area (Å²) >= 11 is 0. The molecule has 0 aromatic carbocycles. The van der Waals surface area contributed by atoms with Crippen LogP contribution in [0.3, 0.4) is 0 Å². The summed E-state index contributed by atoms with van der Waals surface area (Å²) in [4.78, 5) is 0. The molecule has 0 amide bonds. The van der Waals surface area contributed by atoms with Crippen LogP contribution in [0.25, 0.3) is 0 Å². The molecule has 7 heavy (non-hydrogen) atoms. The van der Waals surface area contributed by atoms with Crippen molar-refractivity contribution in [3.63, 3.8) is 0 Å². The molecule has 0 saturated heterocycles. The maximum absolute atomic E-state index is 8.74. The van der Waals surface area contributed by atoms with Crippen LogP contribution in [0.1, 0.15) is 0 Å². The largest absolute Gasteiger partial charge is 0.394 e. The molecule has 0 heterocycles. The summed E-state index contributed by atoms with van der Waals surface area (Å²) < 4.78 is 31.6. The summed E-state index contributed by atoms with van der Waals surface area (Å²) in [6, 6.07) is 0. The van der Waals surface area contributed by atoms with E-state index in [1.165, 1.54) is 0 Å². The first-order valence-electron chi connectivity index (χ1n) is 0.698. The molecule has 0 radical (unpaired) electrons. The Hall–Kier alpha value is 0.580. The maximum atomic E-state index is 8.74. The summed E-state index contributed by atoms with van der Waals surface area (Å²) in [5, 5.41) is 0. The molecule has 0 aromatic heterocycles. The fourth-order valence-electron chi connectivity index (χ4n) is 0. The molecule has 50 valence electrons. The van der Waals surface area contributed by atoms with Crippen LogP contribution in [-0.4, -0.2) is 28.5 Å². The van der Waals surface area contributed by atoms with Gasteiger partial charge in [0.2, 0.25) is 0 Å². The zero-order valence-corrected chi connectivity index (χ0v) is 4.24. The molecule has 0 bridgehead atoms. The Morgan fingerprint density at radius 2 is 1.14 bits per heavy atom. The van der Waals surface area contributed by atoms with E-state index in [-0.39, 0.29) is 27.5 Å². The number of hydrogen-bond donors (Lipinski definition) is 2. The number of hydrogen-bond acceptors (Lipinski definition) is 2. The van der Waals surface area contributed by atoms with Gasteiger partial charge in [-0.05, 0) is 11.0 Å². The van der Waals surface area contributed by atoms with E-state index in [0.717, 1.165) is 0 Å². The quantitative estimate of drug-likeness (QED) is 0.338. The third-order valence-corrected chi connectivity index (χ3v) is 0. The first-order valence-corrected chi connectivity index (χ1v) is 2.10. The van der Waals surface area contributed by atoms with Gasteiger partial charge < -0.3 is 0 Å². The minimum atomic E-state index is -4.67. The van der Waals surface area contributed by atoms with E-state index < -0.39 is 10.4 Å². The van der Waals surface area contributed by atoms with Gasteiger partial charge >= 0.3 is 10.4 Å². The molecule has 0 rings (SSSR count). The van der Waals surface area contributed by atoms with Crippen molar-refractivity contribution < 1.29 is 34.0 Å². The molecule has 0 fully saturated rings. The first-order chi connectivity index (χ1) is 2.00. The average molecular weight is 189 g/mol. The fraction of sp³-hybridized carbons (Fsp3) is 0. The standard InChI is InChI=1S/Ni.H2O4S.H4Si/c;1-5(2,3)4;/h;(H2,1,2,3,4);1H4. The van der Waals surface area contributed by atoms with E-state index in [0.29, 0.717) is 0 Å². The Morgan fingerprint density at radius 1 is 1.14 bits per heavy atom. The van der Waals surface area contributed by atoms with Gasteiger partial charge in [-0.3, -0.25) is 9.11 Å². The molecular weight excluding hydrogens is 183 g/mol. The van der Waals surface area contributed by atoms with E-state index in [4.69, 9.17) is 17.5 Å². The van der Waals surface area contributed by atoms with Gasteiger partial charge in [-0.15, -0.1) is 0 Å². The molecule has 7 heteroatoms. The summed E-state index contributed by atoms with van der Waals surface area (Å²) in [7, 11) is -4.67. The molecule has 2 N–H and O–H groups in total. The molecular formula is H6NiO4SSi. The molecule has 0 atom stereocenters. The predicted octanol–water partition coefficient (Wildman–Crippen LogP) is -2.11. The minimum Gasteiger partial charge on any atom is -0.264 e. The summed E-state index contributed by atoms with van der Waals surface area (Å²) in [6.45, 7) is 0. The van der Waals surface area contributed by atoms with Crippen LogP contribution in [0.2, 0.25) is 0 Å². The first kappa shape index (κ1) is 15.6. The van der Waals surface area contributed by atoms with Crippen LogP contribution < -0.4 is 0 Å². The van der Waals surface area contributed by atoms with E-state index >= 15 is 0 Å². The molecule has 0 aliphatic heterocycles. The van der Waals surface area contributed by atoms with Gasteiger partial charge in [0, 0.05) is 16.5 Å². The van der Waals surface area contributed by atoms with Crippen molar-refractivity contribution in [1.29, 1.82) is 0 Å². The molecule has 4 nitrogen and oxygen atoms in total. The Balaban J connectivity index is -0.0000000800. The van der Waals surface area contributed by atoms with Crippen LogP contribution in [0.15, 0.2) is 0 Å². The zero-order chi connectivity index (χ0) is 4.50. The zero-order valence-electron chi connectivity index (χ0n) is 2.44. The maximum Gasteiger partial charge on any atom is 0.394 e. The summed E-state index contributed by atoms with van der Waals surface area (Å²) in [5.74, 6) is 0. The predicted molar refractivity (Wildman–Crippen MR) is 25.5 cm³/mol. The number of rotatable bonds is 0. The second kappa shape index (κ2) is 4.73. The van der Waals surface area contributed by atoms with Crippen LogP contribution in [0.5, 0.6) is 0 Å². The molecule has 0 saturated carbocycles. The van der Waals surface area contributed by atoms with Crippen molar-refractivity contribution in [2.24, 2.45) is 0 Å². The van der Waals surface area contributed by atoms with Crippen LogP contribution in [0.4, 0.5) is 0 Å². The molecule has 0 aromatic rings. The average Bonchev–Trinajstić information content (AvgIpc) is 0.722. The van der Waals surface area contributed by atoms with Crippen molar-refractivity contribution in [3.05, 3.63) is 0 Å². The normalized spacial score (nSPS) is 8.29. The van der Waals surface area contributed by atoms with Crippen molar-refractivity contribution in [2.45, 2.75) is 0 Å². The third-order valence-electron chi connectivity index (χ3n) is 0. The smallest absolute Gasteiger partial charge is 0.264 e. The van der Waals surface area contributed by atoms with Crippen LogP contribution in [0, 0.1) is 0 Å². The van der Waals surface area contributed by atoms with Gasteiger partial charge in [-0.1, -0.05) is 0 Å². The Kier molecular flexibility index (Phi) is 10.6. The van der Waals surface area contributed by atoms with Gasteiger partial charge in [0.25, 0.3) is 0 Å². The van der Waals surface area contributed by atoms with E-state index in [1.807, 2.05) is 0 Å². The monoisotopic (exact) mass is 188 g/mol. The molecule has 0 unspecified atom stereocenters. The fourth-order valence-corrected chi connectivity index (χ4v) is 0. The molecule has 0 aliphatic carbocycles. The SMILES string of the molecule is O=S(=O)(O)O.[Ni].[SiH4]. The van der Waals surface area contributed by atoms with Crippen molar-refractivity contribution >= 4 is 21.4 Å². The second-order valence-corrected chi connectivity index (χ2v) is 1.34. The summed E-state index contributed by atoms with van der Waals surface area (Å²) in [6.07, 6.45) is 0. The minimum absolute atomic E-state index is 0. The van der Waals surface area contributed by atoms with E-state index in [1.54, 1.807) is 0 Å². The van der Waals surface area contributed by atoms with Crippen molar-refractivity contribution in [1.82, 2.24) is 0 Å². The second-order valence-electron chi connectivity index (χ2n) is 0.448. The van der Waals surface area contributed by atoms with Gasteiger partial charge in [-0.25, -0.2) is 0 Å². The Bertz CT molecular complexity index is 94.9. The van der Waals surface area contributed by atoms with Crippen molar-refractivity contribution in [2.75, 3.05) is 0 Å². The third kappa shape index (κ3) is 410. The van der Waals surface area contributed by atoms with Gasteiger partial charge in [-0.2, -0.15) is 8.42 Å². The van der Waals surface area contributed by atoms with Gasteiger partial charge in [0.05, 0.1) is 0 Å². The Morgan fingerprint density at radius 3 is 1.14 bits per heavy atom. The topological polar surface area (TPSA) is 74.6 Å². The van der Waals surface area contributed by atoms with Gasteiger partial charge in [0.15, 0.2) is 0 Å². The van der Waals surface area contributed by atoms with Crippen LogP contribution >= 0.6 is 0 Å². The van der Waals surface area contributed by atoms with E-state index in [2.05, 4.69) is 0 Å². The van der Waals surface area contributed by atoms with Crippen molar-refractivity contribution in [3.8, 4) is 0 Å². The molecule has 0 spiro atoms. The Labute approximate surface area is 55.8 Å².